The normalized spacial score (nSPS) is 10.5. The third-order valence-electron chi connectivity index (χ3n) is 3.54. The largest absolute Gasteiger partial charge is 0.497 e. The molecule has 0 aliphatic carbocycles. The fourth-order valence-corrected chi connectivity index (χ4v) is 2.64. The fraction of sp³-hybridized carbons (Fsp3) is 0.111. The van der Waals surface area contributed by atoms with E-state index >= 15 is 0 Å². The molecule has 5 nitrogen and oxygen atoms in total. The number of rotatable bonds is 5. The van der Waals surface area contributed by atoms with Crippen molar-refractivity contribution in [2.75, 3.05) is 7.11 Å². The molecule has 25 heavy (non-hydrogen) atoms. The van der Waals surface area contributed by atoms with Gasteiger partial charge in [0.15, 0.2) is 5.76 Å². The fourth-order valence-electron chi connectivity index (χ4n) is 2.22. The van der Waals surface area contributed by atoms with E-state index in [1.54, 1.807) is 36.4 Å². The molecule has 0 saturated heterocycles. The monoisotopic (exact) mass is 404 g/mol. The maximum atomic E-state index is 13.0. The van der Waals surface area contributed by atoms with Gasteiger partial charge in [-0.05, 0) is 58.4 Å². The van der Waals surface area contributed by atoms with Crippen LogP contribution in [0.5, 0.6) is 5.75 Å². The van der Waals surface area contributed by atoms with Gasteiger partial charge < -0.3 is 14.6 Å². The van der Waals surface area contributed by atoms with E-state index in [1.807, 2.05) is 0 Å². The maximum absolute atomic E-state index is 13.0. The number of aromatic nitrogens is 1. The first-order valence-corrected chi connectivity index (χ1v) is 8.19. The van der Waals surface area contributed by atoms with Crippen molar-refractivity contribution in [2.24, 2.45) is 0 Å². The van der Waals surface area contributed by atoms with E-state index in [4.69, 9.17) is 9.26 Å². The quantitative estimate of drug-likeness (QED) is 0.692. The second kappa shape index (κ2) is 7.48. The Hall–Kier alpha value is -2.67. The Labute approximate surface area is 151 Å². The molecule has 3 aromatic rings. The van der Waals surface area contributed by atoms with E-state index in [0.717, 1.165) is 0 Å². The number of benzene rings is 2. The molecule has 128 valence electrons. The van der Waals surface area contributed by atoms with Crippen molar-refractivity contribution in [1.29, 1.82) is 0 Å². The second-order valence-electron chi connectivity index (χ2n) is 5.22. The average Bonchev–Trinajstić information content (AvgIpc) is 3.09. The number of ether oxygens (including phenoxy) is 1. The molecule has 1 N–H and O–H groups in total. The smallest absolute Gasteiger partial charge is 0.252 e. The first-order valence-electron chi connectivity index (χ1n) is 7.40. The SMILES string of the molecule is COc1ccc(Br)c(C(=O)NCc2cc(-c3ccc(F)cc3)on2)c1. The Bertz CT molecular complexity index is 894. The molecule has 1 heterocycles. The number of amides is 1. The molecular weight excluding hydrogens is 391 g/mol. The molecule has 7 heteroatoms. The van der Waals surface area contributed by atoms with Gasteiger partial charge in [-0.25, -0.2) is 4.39 Å². The van der Waals surface area contributed by atoms with E-state index < -0.39 is 0 Å². The van der Waals surface area contributed by atoms with Crippen molar-refractivity contribution in [3.8, 4) is 17.1 Å². The molecule has 1 amide bonds. The van der Waals surface area contributed by atoms with Crippen LogP contribution in [0.4, 0.5) is 4.39 Å². The maximum Gasteiger partial charge on any atom is 0.252 e. The first kappa shape index (κ1) is 17.2. The third-order valence-corrected chi connectivity index (χ3v) is 4.23. The standard InChI is InChI=1S/C18H14BrFN2O3/c1-24-14-6-7-16(19)15(9-14)18(23)21-10-13-8-17(25-22-13)11-2-4-12(20)5-3-11/h2-9H,10H2,1H3,(H,21,23). The molecule has 0 unspecified atom stereocenters. The number of methoxy groups -OCH3 is 1. The lowest BCUT2D eigenvalue weighted by Crippen LogP contribution is -2.23. The van der Waals surface area contributed by atoms with Crippen molar-refractivity contribution in [2.45, 2.75) is 6.54 Å². The Kier molecular flexibility index (Phi) is 5.14. The molecule has 0 fully saturated rings. The van der Waals surface area contributed by atoms with E-state index in [0.29, 0.717) is 32.8 Å². The van der Waals surface area contributed by atoms with Crippen molar-refractivity contribution in [1.82, 2.24) is 10.5 Å². The highest BCUT2D eigenvalue weighted by molar-refractivity contribution is 9.10. The number of nitrogens with zero attached hydrogens (tertiary/aromatic N) is 1. The minimum Gasteiger partial charge on any atom is -0.497 e. The summed E-state index contributed by atoms with van der Waals surface area (Å²) in [6.07, 6.45) is 0. The van der Waals surface area contributed by atoms with Gasteiger partial charge in [0.2, 0.25) is 0 Å². The van der Waals surface area contributed by atoms with E-state index in [2.05, 4.69) is 26.4 Å². The van der Waals surface area contributed by atoms with Crippen molar-refractivity contribution >= 4 is 21.8 Å². The Morgan fingerprint density at radius 3 is 2.72 bits per heavy atom. The highest BCUT2D eigenvalue weighted by Gasteiger charge is 2.13. The predicted octanol–water partition coefficient (Wildman–Crippen LogP) is 4.18. The number of carbonyl (C=O) groups excluding carboxylic acids is 1. The molecule has 0 saturated carbocycles. The average molecular weight is 405 g/mol. The lowest BCUT2D eigenvalue weighted by atomic mass is 10.1. The van der Waals surface area contributed by atoms with Gasteiger partial charge in [0.05, 0.1) is 19.2 Å². The van der Waals surface area contributed by atoms with Crippen LogP contribution in [0.1, 0.15) is 16.1 Å². The van der Waals surface area contributed by atoms with Crippen LogP contribution in [-0.4, -0.2) is 18.2 Å². The summed E-state index contributed by atoms with van der Waals surface area (Å²) in [5, 5.41) is 6.69. The van der Waals surface area contributed by atoms with Crippen LogP contribution in [0.15, 0.2) is 57.5 Å². The lowest BCUT2D eigenvalue weighted by Gasteiger charge is -2.07. The first-order chi connectivity index (χ1) is 12.1. The van der Waals surface area contributed by atoms with Crippen LogP contribution in [0.25, 0.3) is 11.3 Å². The summed E-state index contributed by atoms with van der Waals surface area (Å²) in [6.45, 7) is 0.202. The Balaban J connectivity index is 1.68. The molecule has 0 bridgehead atoms. The summed E-state index contributed by atoms with van der Waals surface area (Å²) in [6, 6.07) is 12.8. The topological polar surface area (TPSA) is 64.4 Å². The number of halogens is 2. The zero-order valence-electron chi connectivity index (χ0n) is 13.3. The predicted molar refractivity (Wildman–Crippen MR) is 93.8 cm³/mol. The van der Waals surface area contributed by atoms with E-state index in [-0.39, 0.29) is 18.3 Å². The van der Waals surface area contributed by atoms with Gasteiger partial charge in [-0.2, -0.15) is 0 Å². The summed E-state index contributed by atoms with van der Waals surface area (Å²) in [5.74, 6) is 0.511. The van der Waals surface area contributed by atoms with Crippen LogP contribution in [0.2, 0.25) is 0 Å². The highest BCUT2D eigenvalue weighted by Crippen LogP contribution is 2.23. The summed E-state index contributed by atoms with van der Waals surface area (Å²) < 4.78 is 24.0. The zero-order valence-corrected chi connectivity index (χ0v) is 14.8. The highest BCUT2D eigenvalue weighted by atomic mass is 79.9. The van der Waals surface area contributed by atoms with Gasteiger partial charge in [0, 0.05) is 16.1 Å². The van der Waals surface area contributed by atoms with Gasteiger partial charge in [-0.15, -0.1) is 0 Å². The molecule has 2 aromatic carbocycles. The minimum atomic E-state index is -0.320. The Morgan fingerprint density at radius 1 is 1.24 bits per heavy atom. The van der Waals surface area contributed by atoms with Gasteiger partial charge in [0.25, 0.3) is 5.91 Å². The molecule has 3 rings (SSSR count). The summed E-state index contributed by atoms with van der Waals surface area (Å²) in [4.78, 5) is 12.3. The minimum absolute atomic E-state index is 0.202. The van der Waals surface area contributed by atoms with Crippen LogP contribution in [0.3, 0.4) is 0 Å². The van der Waals surface area contributed by atoms with Crippen molar-refractivity contribution in [3.63, 3.8) is 0 Å². The van der Waals surface area contributed by atoms with Gasteiger partial charge in [-0.1, -0.05) is 5.16 Å². The molecule has 1 aromatic heterocycles. The lowest BCUT2D eigenvalue weighted by molar-refractivity contribution is 0.0949. The Morgan fingerprint density at radius 2 is 2.00 bits per heavy atom. The third kappa shape index (κ3) is 4.06. The van der Waals surface area contributed by atoms with E-state index in [1.165, 1.54) is 19.2 Å². The van der Waals surface area contributed by atoms with Gasteiger partial charge in [0.1, 0.15) is 17.3 Å². The molecule has 0 spiro atoms. The second-order valence-corrected chi connectivity index (χ2v) is 6.07. The molecule has 0 atom stereocenters. The zero-order chi connectivity index (χ0) is 17.8. The van der Waals surface area contributed by atoms with Crippen molar-refractivity contribution in [3.05, 3.63) is 70.1 Å². The number of carbonyl (C=O) groups is 1. The molecule has 0 radical (unpaired) electrons. The van der Waals surface area contributed by atoms with Gasteiger partial charge in [-0.3, -0.25) is 4.79 Å². The summed E-state index contributed by atoms with van der Waals surface area (Å²) in [7, 11) is 1.54. The number of nitrogens with one attached hydrogen (secondary N) is 1. The number of hydrogen-bond donors (Lipinski definition) is 1. The van der Waals surface area contributed by atoms with Crippen molar-refractivity contribution < 1.29 is 18.4 Å². The summed E-state index contributed by atoms with van der Waals surface area (Å²) >= 11 is 3.35. The van der Waals surface area contributed by atoms with Gasteiger partial charge >= 0.3 is 0 Å². The molecular formula is C18H14BrFN2O3. The number of hydrogen-bond acceptors (Lipinski definition) is 4. The van der Waals surface area contributed by atoms with Crippen LogP contribution >= 0.6 is 15.9 Å². The summed E-state index contributed by atoms with van der Waals surface area (Å²) in [5.41, 5.74) is 1.73. The van der Waals surface area contributed by atoms with Crippen LogP contribution in [0, 0.1) is 5.82 Å². The molecule has 0 aliphatic rings. The van der Waals surface area contributed by atoms with Crippen LogP contribution < -0.4 is 10.1 Å². The molecule has 0 aliphatic heterocycles. The van der Waals surface area contributed by atoms with E-state index in [9.17, 15) is 9.18 Å². The van der Waals surface area contributed by atoms with Crippen LogP contribution in [-0.2, 0) is 6.54 Å².